The number of carbonyl (C=O) groups is 2. The molecule has 0 aromatic carbocycles. The lowest BCUT2D eigenvalue weighted by Crippen LogP contribution is -2.36. The molecule has 2 amide bonds. The zero-order valence-electron chi connectivity index (χ0n) is 10.9. The Morgan fingerprint density at radius 3 is 2.75 bits per heavy atom. The highest BCUT2D eigenvalue weighted by Gasteiger charge is 2.50. The van der Waals surface area contributed by atoms with Crippen LogP contribution in [-0.2, 0) is 9.84 Å². The second-order valence-electron chi connectivity index (χ2n) is 5.04. The number of fused-ring (bicyclic) bond motifs is 1. The quantitative estimate of drug-likeness (QED) is 0.627. The van der Waals surface area contributed by atoms with Crippen molar-refractivity contribution in [2.75, 3.05) is 16.4 Å². The fourth-order valence-corrected chi connectivity index (χ4v) is 5.55. The number of anilines is 1. The van der Waals surface area contributed by atoms with Crippen molar-refractivity contribution in [2.45, 2.75) is 25.9 Å². The number of aryl methyl sites for hydroxylation is 1. The zero-order chi connectivity index (χ0) is 14.7. The fraction of sp³-hybridized carbons (Fsp3) is 0.545. The summed E-state index contributed by atoms with van der Waals surface area (Å²) in [6.07, 6.45) is 0. The van der Waals surface area contributed by atoms with Crippen molar-refractivity contribution < 1.29 is 18.0 Å². The Morgan fingerprint density at radius 1 is 1.45 bits per heavy atom. The summed E-state index contributed by atoms with van der Waals surface area (Å²) in [5.41, 5.74) is 0.564. The van der Waals surface area contributed by atoms with Gasteiger partial charge in [0.1, 0.15) is 0 Å². The van der Waals surface area contributed by atoms with Crippen LogP contribution in [-0.4, -0.2) is 48.8 Å². The number of ketones is 1. The van der Waals surface area contributed by atoms with E-state index in [9.17, 15) is 18.0 Å². The van der Waals surface area contributed by atoms with Crippen LogP contribution in [0.15, 0.2) is 0 Å². The van der Waals surface area contributed by atoms with Gasteiger partial charge in [0.15, 0.2) is 20.8 Å². The molecule has 1 aromatic rings. The maximum absolute atomic E-state index is 12.0. The van der Waals surface area contributed by atoms with Gasteiger partial charge in [0.2, 0.25) is 0 Å². The molecule has 0 aliphatic carbocycles. The molecule has 0 radical (unpaired) electrons. The van der Waals surface area contributed by atoms with Crippen LogP contribution in [0.3, 0.4) is 0 Å². The molecule has 2 saturated heterocycles. The number of urea groups is 1. The summed E-state index contributed by atoms with van der Waals surface area (Å²) < 4.78 is 23.3. The number of nitrogens with zero attached hydrogens (tertiary/aromatic N) is 2. The lowest BCUT2D eigenvalue weighted by atomic mass is 10.2. The molecule has 108 valence electrons. The summed E-state index contributed by atoms with van der Waals surface area (Å²) in [4.78, 5) is 29.6. The van der Waals surface area contributed by atoms with E-state index in [-0.39, 0.29) is 23.3 Å². The minimum absolute atomic E-state index is 0.0379. The molecule has 1 N–H and O–H groups in total. The number of aromatic nitrogens is 1. The van der Waals surface area contributed by atoms with Crippen molar-refractivity contribution in [1.29, 1.82) is 0 Å². The molecule has 2 aliphatic rings. The monoisotopic (exact) mass is 315 g/mol. The molecule has 1 aromatic heterocycles. The van der Waals surface area contributed by atoms with E-state index in [0.717, 1.165) is 11.3 Å². The van der Waals surface area contributed by atoms with Crippen LogP contribution < -0.4 is 10.2 Å². The number of nitrogens with one attached hydrogen (secondary N) is 1. The van der Waals surface area contributed by atoms with Crippen LogP contribution >= 0.6 is 11.3 Å². The van der Waals surface area contributed by atoms with E-state index in [1.807, 2.05) is 0 Å². The number of rotatable bonds is 2. The molecule has 7 nitrogen and oxygen atoms in total. The summed E-state index contributed by atoms with van der Waals surface area (Å²) in [6.45, 7) is 3.14. The zero-order valence-corrected chi connectivity index (χ0v) is 12.5. The fourth-order valence-electron chi connectivity index (χ4n) is 2.64. The summed E-state index contributed by atoms with van der Waals surface area (Å²) in [7, 11) is -3.14. The third-order valence-corrected chi connectivity index (χ3v) is 6.47. The Morgan fingerprint density at radius 2 is 2.15 bits per heavy atom. The topological polar surface area (TPSA) is 96.4 Å². The van der Waals surface area contributed by atoms with E-state index < -0.39 is 21.9 Å². The van der Waals surface area contributed by atoms with E-state index in [1.165, 1.54) is 11.8 Å². The predicted molar refractivity (Wildman–Crippen MR) is 74.1 cm³/mol. The van der Waals surface area contributed by atoms with E-state index in [0.29, 0.717) is 15.7 Å². The summed E-state index contributed by atoms with van der Waals surface area (Å²) in [5, 5.41) is 3.05. The van der Waals surface area contributed by atoms with Gasteiger partial charge in [-0.05, 0) is 6.92 Å². The third-order valence-electron chi connectivity index (χ3n) is 3.49. The van der Waals surface area contributed by atoms with Gasteiger partial charge in [0.05, 0.1) is 34.2 Å². The van der Waals surface area contributed by atoms with Crippen LogP contribution in [0.2, 0.25) is 0 Å². The number of carbonyl (C=O) groups excluding carboxylic acids is 2. The second kappa shape index (κ2) is 4.26. The van der Waals surface area contributed by atoms with Crippen molar-refractivity contribution in [1.82, 2.24) is 10.3 Å². The number of Topliss-reactive ketones (excluding diaryl/α,β-unsaturated/α-hetero) is 1. The van der Waals surface area contributed by atoms with Gasteiger partial charge in [-0.1, -0.05) is 11.3 Å². The van der Waals surface area contributed by atoms with Gasteiger partial charge in [-0.25, -0.2) is 18.2 Å². The average Bonchev–Trinajstić information content (AvgIpc) is 2.88. The first kappa shape index (κ1) is 13.5. The van der Waals surface area contributed by atoms with Gasteiger partial charge < -0.3 is 5.32 Å². The Kier molecular flexibility index (Phi) is 2.87. The third kappa shape index (κ3) is 2.01. The number of amides is 2. The Balaban J connectivity index is 1.99. The second-order valence-corrected chi connectivity index (χ2v) is 8.17. The van der Waals surface area contributed by atoms with Crippen LogP contribution in [0, 0.1) is 6.92 Å². The number of sulfone groups is 1. The predicted octanol–water partition coefficient (Wildman–Crippen LogP) is 0.349. The molecule has 2 fully saturated rings. The minimum Gasteiger partial charge on any atom is -0.332 e. The van der Waals surface area contributed by atoms with Gasteiger partial charge in [-0.15, -0.1) is 0 Å². The minimum atomic E-state index is -3.14. The Hall–Kier alpha value is -1.48. The molecule has 9 heteroatoms. The van der Waals surface area contributed by atoms with Crippen molar-refractivity contribution in [3.63, 3.8) is 0 Å². The largest absolute Gasteiger partial charge is 0.332 e. The van der Waals surface area contributed by atoms with Crippen molar-refractivity contribution in [2.24, 2.45) is 0 Å². The molecule has 0 spiro atoms. The Labute approximate surface area is 119 Å². The van der Waals surface area contributed by atoms with E-state index in [4.69, 9.17) is 0 Å². The lowest BCUT2D eigenvalue weighted by Gasteiger charge is -2.17. The molecule has 3 rings (SSSR count). The molecule has 20 heavy (non-hydrogen) atoms. The molecule has 0 unspecified atom stereocenters. The van der Waals surface area contributed by atoms with Crippen molar-refractivity contribution in [3.05, 3.63) is 10.6 Å². The van der Waals surface area contributed by atoms with Gasteiger partial charge in [0.25, 0.3) is 0 Å². The molecule has 0 bridgehead atoms. The lowest BCUT2D eigenvalue weighted by molar-refractivity contribution is 0.102. The van der Waals surface area contributed by atoms with Crippen LogP contribution in [0.4, 0.5) is 9.93 Å². The van der Waals surface area contributed by atoms with Gasteiger partial charge >= 0.3 is 6.03 Å². The standard InChI is InChI=1S/C11H13N3O4S2/c1-5-9(6(2)15)19-11(12-5)14-8-4-20(17,18)3-7(8)13-10(14)16/h7-8H,3-4H2,1-2H3,(H,13,16)/t7-,8+/m1/s1. The van der Waals surface area contributed by atoms with Crippen molar-refractivity contribution >= 4 is 38.1 Å². The molecule has 3 heterocycles. The Bertz CT molecular complexity index is 709. The first-order valence-corrected chi connectivity index (χ1v) is 8.71. The maximum Gasteiger partial charge on any atom is 0.324 e. The molecule has 0 saturated carbocycles. The van der Waals surface area contributed by atoms with Crippen molar-refractivity contribution in [3.8, 4) is 0 Å². The number of hydrogen-bond donors (Lipinski definition) is 1. The first-order chi connectivity index (χ1) is 9.28. The van der Waals surface area contributed by atoms with Crippen LogP contribution in [0.25, 0.3) is 0 Å². The van der Waals surface area contributed by atoms with E-state index in [1.54, 1.807) is 6.92 Å². The van der Waals surface area contributed by atoms with Crippen LogP contribution in [0.5, 0.6) is 0 Å². The first-order valence-electron chi connectivity index (χ1n) is 6.07. The van der Waals surface area contributed by atoms with Gasteiger partial charge in [-0.2, -0.15) is 0 Å². The summed E-state index contributed by atoms with van der Waals surface area (Å²) in [5.74, 6) is -0.213. The van der Waals surface area contributed by atoms with Crippen LogP contribution in [0.1, 0.15) is 22.3 Å². The summed E-state index contributed by atoms with van der Waals surface area (Å²) >= 11 is 1.13. The SMILES string of the molecule is CC(=O)c1sc(N2C(=O)N[C@@H]3CS(=O)(=O)C[C@@H]32)nc1C. The average molecular weight is 315 g/mol. The highest BCUT2D eigenvalue weighted by Crippen LogP contribution is 2.33. The smallest absolute Gasteiger partial charge is 0.324 e. The maximum atomic E-state index is 12.0. The molecule has 2 atom stereocenters. The molecule has 2 aliphatic heterocycles. The molecular weight excluding hydrogens is 302 g/mol. The highest BCUT2D eigenvalue weighted by atomic mass is 32.2. The number of hydrogen-bond acceptors (Lipinski definition) is 6. The highest BCUT2D eigenvalue weighted by molar-refractivity contribution is 7.91. The van der Waals surface area contributed by atoms with Gasteiger partial charge in [-0.3, -0.25) is 9.69 Å². The molecular formula is C11H13N3O4S2. The van der Waals surface area contributed by atoms with E-state index in [2.05, 4.69) is 10.3 Å². The van der Waals surface area contributed by atoms with Gasteiger partial charge in [0, 0.05) is 6.92 Å². The number of thiazole rings is 1. The summed E-state index contributed by atoms with van der Waals surface area (Å²) in [6, 6.07) is -1.17. The van der Waals surface area contributed by atoms with E-state index >= 15 is 0 Å². The normalized spacial score (nSPS) is 27.5.